The van der Waals surface area contributed by atoms with E-state index in [2.05, 4.69) is 44.0 Å². The van der Waals surface area contributed by atoms with E-state index in [0.717, 1.165) is 23.3 Å². The van der Waals surface area contributed by atoms with Gasteiger partial charge in [-0.15, -0.1) is 11.8 Å². The van der Waals surface area contributed by atoms with Crippen LogP contribution in [0.3, 0.4) is 0 Å². The Labute approximate surface area is 168 Å². The zero-order valence-corrected chi connectivity index (χ0v) is 18.0. The Morgan fingerprint density at radius 1 is 1.22 bits per heavy atom. The topological polar surface area (TPSA) is 54.7 Å². The van der Waals surface area contributed by atoms with Gasteiger partial charge >= 0.3 is 0 Å². The van der Waals surface area contributed by atoms with E-state index >= 15 is 0 Å². The van der Waals surface area contributed by atoms with Gasteiger partial charge in [0, 0.05) is 20.1 Å². The Morgan fingerprint density at radius 2 is 1.93 bits per heavy atom. The Morgan fingerprint density at radius 3 is 2.63 bits per heavy atom. The maximum Gasteiger partial charge on any atom is 0.258 e. The molecule has 0 N–H and O–H groups in total. The number of aromatic nitrogens is 1. The van der Waals surface area contributed by atoms with Crippen molar-refractivity contribution in [1.29, 1.82) is 0 Å². The number of benzene rings is 1. The molecule has 7 heteroatoms. The Kier molecular flexibility index (Phi) is 6.42. The van der Waals surface area contributed by atoms with E-state index in [1.807, 2.05) is 16.5 Å². The van der Waals surface area contributed by atoms with Crippen LogP contribution >= 0.6 is 23.1 Å². The van der Waals surface area contributed by atoms with Crippen LogP contribution in [0.5, 0.6) is 0 Å². The predicted octanol–water partition coefficient (Wildman–Crippen LogP) is 3.21. The number of carbonyl (C=O) groups excluding carboxylic acids is 2. The molecule has 0 bridgehead atoms. The highest BCUT2D eigenvalue weighted by Gasteiger charge is 2.25. The summed E-state index contributed by atoms with van der Waals surface area (Å²) in [6.07, 6.45) is 1.18. The maximum atomic E-state index is 12.4. The standard InChI is InChI=1S/C20H27N3O2S2/c1-13-5-6-16-17(8-13)27-20(22(16)4)21-18(24)11-26-12-19(25)23-9-14(2)7-15(3)10-23/h5-6,8,14-15H,7,9-12H2,1-4H3/t14-,15+. The minimum Gasteiger partial charge on any atom is -0.341 e. The first-order chi connectivity index (χ1) is 12.8. The van der Waals surface area contributed by atoms with Gasteiger partial charge in [0.2, 0.25) is 5.91 Å². The van der Waals surface area contributed by atoms with Gasteiger partial charge < -0.3 is 9.47 Å². The molecular weight excluding hydrogens is 378 g/mol. The number of hydrogen-bond acceptors (Lipinski definition) is 4. The Balaban J connectivity index is 1.57. The van der Waals surface area contributed by atoms with Gasteiger partial charge in [0.25, 0.3) is 5.91 Å². The van der Waals surface area contributed by atoms with Crippen LogP contribution in [-0.4, -0.2) is 45.9 Å². The average Bonchev–Trinajstić information content (AvgIpc) is 2.88. The fourth-order valence-corrected chi connectivity index (χ4v) is 5.50. The molecule has 146 valence electrons. The molecule has 1 aliphatic rings. The zero-order chi connectivity index (χ0) is 19.6. The highest BCUT2D eigenvalue weighted by atomic mass is 32.2. The minimum atomic E-state index is -0.188. The molecule has 2 amide bonds. The lowest BCUT2D eigenvalue weighted by molar-refractivity contribution is -0.130. The first kappa shape index (κ1) is 20.1. The SMILES string of the molecule is Cc1ccc2c(c1)sc(=NC(=O)CSCC(=O)N1C[C@H](C)C[C@H](C)C1)n2C. The summed E-state index contributed by atoms with van der Waals surface area (Å²) in [4.78, 5) is 31.5. The molecule has 1 saturated heterocycles. The van der Waals surface area contributed by atoms with E-state index in [1.54, 1.807) is 0 Å². The number of aryl methyl sites for hydroxylation is 2. The highest BCUT2D eigenvalue weighted by molar-refractivity contribution is 8.00. The fourth-order valence-electron chi connectivity index (χ4n) is 3.67. The molecule has 0 aliphatic carbocycles. The number of likely N-dealkylation sites (tertiary alicyclic amines) is 1. The van der Waals surface area contributed by atoms with Crippen LogP contribution in [0.1, 0.15) is 25.8 Å². The predicted molar refractivity (Wildman–Crippen MR) is 113 cm³/mol. The summed E-state index contributed by atoms with van der Waals surface area (Å²) < 4.78 is 3.07. The summed E-state index contributed by atoms with van der Waals surface area (Å²) in [7, 11) is 1.93. The lowest BCUT2D eigenvalue weighted by Gasteiger charge is -2.35. The number of thioether (sulfide) groups is 1. The van der Waals surface area contributed by atoms with Crippen molar-refractivity contribution in [3.63, 3.8) is 0 Å². The van der Waals surface area contributed by atoms with Crippen molar-refractivity contribution in [3.05, 3.63) is 28.6 Å². The molecule has 0 unspecified atom stereocenters. The van der Waals surface area contributed by atoms with Crippen molar-refractivity contribution in [2.75, 3.05) is 24.6 Å². The monoisotopic (exact) mass is 405 g/mol. The van der Waals surface area contributed by atoms with Crippen LogP contribution < -0.4 is 4.80 Å². The summed E-state index contributed by atoms with van der Waals surface area (Å²) in [6, 6.07) is 6.22. The second kappa shape index (κ2) is 8.61. The van der Waals surface area contributed by atoms with Crippen LogP contribution in [0.15, 0.2) is 23.2 Å². The normalized spacial score (nSPS) is 21.0. The molecule has 0 spiro atoms. The lowest BCUT2D eigenvalue weighted by Crippen LogP contribution is -2.43. The molecular formula is C20H27N3O2S2. The van der Waals surface area contributed by atoms with Gasteiger partial charge in [-0.25, -0.2) is 0 Å². The summed E-state index contributed by atoms with van der Waals surface area (Å²) in [6.45, 7) is 8.10. The van der Waals surface area contributed by atoms with E-state index < -0.39 is 0 Å². The van der Waals surface area contributed by atoms with E-state index in [4.69, 9.17) is 0 Å². The van der Waals surface area contributed by atoms with Gasteiger partial charge in [-0.3, -0.25) is 9.59 Å². The number of fused-ring (bicyclic) bond motifs is 1. The second-order valence-electron chi connectivity index (χ2n) is 7.66. The van der Waals surface area contributed by atoms with Gasteiger partial charge in [0.1, 0.15) is 0 Å². The number of rotatable bonds is 4. The number of hydrogen-bond donors (Lipinski definition) is 0. The van der Waals surface area contributed by atoms with E-state index in [-0.39, 0.29) is 17.6 Å². The summed E-state index contributed by atoms with van der Waals surface area (Å²) >= 11 is 2.88. The first-order valence-corrected chi connectivity index (χ1v) is 11.3. The van der Waals surface area contributed by atoms with Gasteiger partial charge in [-0.1, -0.05) is 31.3 Å². The third-order valence-electron chi connectivity index (χ3n) is 4.86. The van der Waals surface area contributed by atoms with Crippen LogP contribution in [0.25, 0.3) is 10.2 Å². The molecule has 1 fully saturated rings. The molecule has 27 heavy (non-hydrogen) atoms. The summed E-state index contributed by atoms with van der Waals surface area (Å²) in [5, 5.41) is 0. The molecule has 2 aromatic rings. The molecule has 2 heterocycles. The third-order valence-corrected chi connectivity index (χ3v) is 6.85. The number of amides is 2. The van der Waals surface area contributed by atoms with Gasteiger partial charge in [0.15, 0.2) is 4.80 Å². The van der Waals surface area contributed by atoms with Crippen LogP contribution in [0, 0.1) is 18.8 Å². The minimum absolute atomic E-state index is 0.133. The van der Waals surface area contributed by atoms with Crippen molar-refractivity contribution in [2.24, 2.45) is 23.9 Å². The van der Waals surface area contributed by atoms with E-state index in [1.165, 1.54) is 35.1 Å². The molecule has 5 nitrogen and oxygen atoms in total. The van der Waals surface area contributed by atoms with Crippen LogP contribution in [-0.2, 0) is 16.6 Å². The molecule has 3 rings (SSSR count). The van der Waals surface area contributed by atoms with Crippen molar-refractivity contribution in [1.82, 2.24) is 9.47 Å². The van der Waals surface area contributed by atoms with Crippen molar-refractivity contribution in [2.45, 2.75) is 27.2 Å². The van der Waals surface area contributed by atoms with E-state index in [0.29, 0.717) is 22.4 Å². The number of thiazole rings is 1. The third kappa shape index (κ3) is 5.02. The maximum absolute atomic E-state index is 12.4. The van der Waals surface area contributed by atoms with Crippen molar-refractivity contribution >= 4 is 45.1 Å². The summed E-state index contributed by atoms with van der Waals surface area (Å²) in [5.41, 5.74) is 2.27. The molecule has 2 atom stereocenters. The molecule has 0 saturated carbocycles. The van der Waals surface area contributed by atoms with Gasteiger partial charge in [0.05, 0.1) is 21.7 Å². The quantitative estimate of drug-likeness (QED) is 0.785. The largest absolute Gasteiger partial charge is 0.341 e. The van der Waals surface area contributed by atoms with Gasteiger partial charge in [-0.05, 0) is 42.9 Å². The zero-order valence-electron chi connectivity index (χ0n) is 16.4. The van der Waals surface area contributed by atoms with E-state index in [9.17, 15) is 9.59 Å². The number of piperidine rings is 1. The Hall–Kier alpha value is -1.60. The average molecular weight is 406 g/mol. The first-order valence-electron chi connectivity index (χ1n) is 9.32. The molecule has 1 aromatic carbocycles. The highest BCUT2D eigenvalue weighted by Crippen LogP contribution is 2.22. The van der Waals surface area contributed by atoms with Crippen molar-refractivity contribution in [3.8, 4) is 0 Å². The second-order valence-corrected chi connectivity index (χ2v) is 9.65. The van der Waals surface area contributed by atoms with Crippen LogP contribution in [0.2, 0.25) is 0 Å². The lowest BCUT2D eigenvalue weighted by atomic mass is 9.92. The van der Waals surface area contributed by atoms with Gasteiger partial charge in [-0.2, -0.15) is 4.99 Å². The molecule has 0 radical (unpaired) electrons. The molecule has 1 aliphatic heterocycles. The Bertz CT molecular complexity index is 906. The number of nitrogens with zero attached hydrogens (tertiary/aromatic N) is 3. The smallest absolute Gasteiger partial charge is 0.258 e. The molecule has 1 aromatic heterocycles. The fraction of sp³-hybridized carbons (Fsp3) is 0.550. The van der Waals surface area contributed by atoms with Crippen LogP contribution in [0.4, 0.5) is 0 Å². The van der Waals surface area contributed by atoms with Crippen molar-refractivity contribution < 1.29 is 9.59 Å². The summed E-state index contributed by atoms with van der Waals surface area (Å²) in [5.74, 6) is 1.63. The number of carbonyl (C=O) groups is 2.